The van der Waals surface area contributed by atoms with Crippen molar-refractivity contribution in [1.29, 1.82) is 0 Å². The Labute approximate surface area is 310 Å². The number of hydrogen-bond donors (Lipinski definition) is 0. The van der Waals surface area contributed by atoms with Crippen LogP contribution >= 0.6 is 0 Å². The number of esters is 3. The third-order valence-electron chi connectivity index (χ3n) is 10.0. The lowest BCUT2D eigenvalue weighted by Crippen LogP contribution is -2.30. The summed E-state index contributed by atoms with van der Waals surface area (Å²) in [6.45, 7) is 13.6. The van der Waals surface area contributed by atoms with E-state index in [0.717, 1.165) is 75.5 Å². The fourth-order valence-corrected chi connectivity index (χ4v) is 6.32. The maximum absolute atomic E-state index is 12.7. The highest BCUT2D eigenvalue weighted by Gasteiger charge is 2.19. The van der Waals surface area contributed by atoms with E-state index in [0.29, 0.717) is 19.3 Å². The van der Waals surface area contributed by atoms with Gasteiger partial charge in [0.15, 0.2) is 6.10 Å². The first-order valence-corrected chi connectivity index (χ1v) is 21.6. The fraction of sp³-hybridized carbons (Fsp3) is 0.932. The summed E-state index contributed by atoms with van der Waals surface area (Å²) in [7, 11) is 0. The highest BCUT2D eigenvalue weighted by atomic mass is 16.6. The Morgan fingerprint density at radius 3 is 1.04 bits per heavy atom. The van der Waals surface area contributed by atoms with Crippen molar-refractivity contribution in [3.8, 4) is 0 Å². The molecule has 0 aliphatic heterocycles. The van der Waals surface area contributed by atoms with Gasteiger partial charge in [-0.25, -0.2) is 0 Å². The fourth-order valence-electron chi connectivity index (χ4n) is 6.32. The summed E-state index contributed by atoms with van der Waals surface area (Å²) in [6, 6.07) is 0. The van der Waals surface area contributed by atoms with E-state index in [2.05, 4.69) is 41.5 Å². The summed E-state index contributed by atoms with van der Waals surface area (Å²) < 4.78 is 16.7. The molecule has 6 nitrogen and oxygen atoms in total. The Morgan fingerprint density at radius 1 is 0.400 bits per heavy atom. The minimum absolute atomic E-state index is 0.0681. The Morgan fingerprint density at radius 2 is 0.700 bits per heavy atom. The Bertz CT molecular complexity index is 778. The smallest absolute Gasteiger partial charge is 0.306 e. The van der Waals surface area contributed by atoms with Gasteiger partial charge in [0.2, 0.25) is 0 Å². The first-order chi connectivity index (χ1) is 24.1. The molecule has 296 valence electrons. The van der Waals surface area contributed by atoms with Gasteiger partial charge in [0.25, 0.3) is 0 Å². The van der Waals surface area contributed by atoms with Crippen molar-refractivity contribution in [2.45, 2.75) is 234 Å². The molecule has 0 aromatic rings. The Kier molecular flexibility index (Phi) is 34.7. The van der Waals surface area contributed by atoms with Gasteiger partial charge in [-0.15, -0.1) is 0 Å². The molecule has 0 saturated carbocycles. The summed E-state index contributed by atoms with van der Waals surface area (Å²) in [5, 5.41) is 0. The summed E-state index contributed by atoms with van der Waals surface area (Å²) >= 11 is 0. The van der Waals surface area contributed by atoms with E-state index < -0.39 is 6.10 Å². The molecule has 0 N–H and O–H groups in total. The van der Waals surface area contributed by atoms with Crippen LogP contribution in [0.1, 0.15) is 228 Å². The average Bonchev–Trinajstić information content (AvgIpc) is 3.08. The molecule has 0 fully saturated rings. The molecule has 0 aromatic carbocycles. The van der Waals surface area contributed by atoms with Crippen molar-refractivity contribution in [2.75, 3.05) is 13.2 Å². The minimum atomic E-state index is -0.762. The van der Waals surface area contributed by atoms with Gasteiger partial charge in [0, 0.05) is 19.3 Å². The molecule has 1 unspecified atom stereocenters. The summed E-state index contributed by atoms with van der Waals surface area (Å²) in [4.78, 5) is 37.6. The Hall–Kier alpha value is -1.59. The van der Waals surface area contributed by atoms with Crippen LogP contribution in [0.2, 0.25) is 0 Å². The number of hydrogen-bond acceptors (Lipinski definition) is 6. The van der Waals surface area contributed by atoms with Crippen molar-refractivity contribution in [1.82, 2.24) is 0 Å². The van der Waals surface area contributed by atoms with Crippen molar-refractivity contribution < 1.29 is 28.6 Å². The molecule has 0 aromatic heterocycles. The monoisotopic (exact) mass is 709 g/mol. The quantitative estimate of drug-likeness (QED) is 0.0363. The SMILES string of the molecule is CCC(C)CCCCCCCCC(=O)OC[C@@H](COC(=O)CCCCCCCCC(C)C)OC(=O)CCCCCCCCCCCCC(C)C. The van der Waals surface area contributed by atoms with Gasteiger partial charge in [0.05, 0.1) is 0 Å². The zero-order valence-electron chi connectivity index (χ0n) is 34.2. The first-order valence-electron chi connectivity index (χ1n) is 21.6. The molecule has 0 aliphatic carbocycles. The summed E-state index contributed by atoms with van der Waals surface area (Å²) in [5.41, 5.74) is 0. The number of carbonyl (C=O) groups excluding carboxylic acids is 3. The number of carbonyl (C=O) groups is 3. The van der Waals surface area contributed by atoms with Gasteiger partial charge in [-0.1, -0.05) is 189 Å². The standard InChI is InChI=1S/C44H84O6/c1-7-40(6)32-26-20-15-17-22-28-34-43(46)49-37-41(36-48-42(45)33-27-21-16-14-19-25-31-39(4)5)50-44(47)35-29-23-13-11-9-8-10-12-18-24-30-38(2)3/h38-41H,7-37H2,1-6H3/t40?,41-/m1/s1. The van der Waals surface area contributed by atoms with Gasteiger partial charge >= 0.3 is 17.9 Å². The number of unbranched alkanes of at least 4 members (excludes halogenated alkanes) is 19. The van der Waals surface area contributed by atoms with Crippen LogP contribution in [0.5, 0.6) is 0 Å². The van der Waals surface area contributed by atoms with Gasteiger partial charge in [-0.05, 0) is 37.0 Å². The second kappa shape index (κ2) is 35.8. The lowest BCUT2D eigenvalue weighted by Gasteiger charge is -2.18. The highest BCUT2D eigenvalue weighted by Crippen LogP contribution is 2.17. The lowest BCUT2D eigenvalue weighted by molar-refractivity contribution is -0.167. The van der Waals surface area contributed by atoms with Crippen LogP contribution in [0.15, 0.2) is 0 Å². The third-order valence-corrected chi connectivity index (χ3v) is 10.0. The van der Waals surface area contributed by atoms with Crippen LogP contribution in [-0.4, -0.2) is 37.2 Å². The van der Waals surface area contributed by atoms with E-state index >= 15 is 0 Å². The zero-order valence-corrected chi connectivity index (χ0v) is 34.2. The molecular formula is C44H84O6. The van der Waals surface area contributed by atoms with E-state index in [9.17, 15) is 14.4 Å². The van der Waals surface area contributed by atoms with Crippen molar-refractivity contribution in [3.63, 3.8) is 0 Å². The third kappa shape index (κ3) is 36.2. The van der Waals surface area contributed by atoms with Crippen LogP contribution in [0.25, 0.3) is 0 Å². The predicted octanol–water partition coefficient (Wildman–Crippen LogP) is 13.3. The molecule has 0 aliphatic rings. The van der Waals surface area contributed by atoms with Gasteiger partial charge in [-0.3, -0.25) is 14.4 Å². The largest absolute Gasteiger partial charge is 0.462 e. The van der Waals surface area contributed by atoms with Crippen LogP contribution in [0, 0.1) is 17.8 Å². The van der Waals surface area contributed by atoms with Gasteiger partial charge in [-0.2, -0.15) is 0 Å². The van der Waals surface area contributed by atoms with E-state index in [1.165, 1.54) is 109 Å². The van der Waals surface area contributed by atoms with Crippen LogP contribution in [0.3, 0.4) is 0 Å². The summed E-state index contributed by atoms with van der Waals surface area (Å²) in [6.07, 6.45) is 31.0. The normalized spacial score (nSPS) is 12.7. The van der Waals surface area contributed by atoms with Crippen LogP contribution < -0.4 is 0 Å². The van der Waals surface area contributed by atoms with Crippen LogP contribution in [0.4, 0.5) is 0 Å². The Balaban J connectivity index is 4.36. The second-order valence-electron chi connectivity index (χ2n) is 16.2. The van der Waals surface area contributed by atoms with E-state index in [1.807, 2.05) is 0 Å². The number of ether oxygens (including phenoxy) is 3. The molecule has 0 saturated heterocycles. The van der Waals surface area contributed by atoms with Crippen molar-refractivity contribution in [3.05, 3.63) is 0 Å². The molecule has 0 rings (SSSR count). The molecule has 0 spiro atoms. The first kappa shape index (κ1) is 48.4. The maximum atomic E-state index is 12.7. The molecule has 0 heterocycles. The van der Waals surface area contributed by atoms with Crippen molar-refractivity contribution in [2.24, 2.45) is 17.8 Å². The average molecular weight is 709 g/mol. The van der Waals surface area contributed by atoms with Crippen molar-refractivity contribution >= 4 is 17.9 Å². The highest BCUT2D eigenvalue weighted by molar-refractivity contribution is 5.71. The topological polar surface area (TPSA) is 78.9 Å². The van der Waals surface area contributed by atoms with Crippen LogP contribution in [-0.2, 0) is 28.6 Å². The minimum Gasteiger partial charge on any atom is -0.462 e. The van der Waals surface area contributed by atoms with Gasteiger partial charge < -0.3 is 14.2 Å². The molecule has 0 amide bonds. The molecule has 0 bridgehead atoms. The van der Waals surface area contributed by atoms with E-state index in [4.69, 9.17) is 14.2 Å². The van der Waals surface area contributed by atoms with Gasteiger partial charge in [0.1, 0.15) is 13.2 Å². The molecule has 6 heteroatoms. The lowest BCUT2D eigenvalue weighted by atomic mass is 10.00. The number of rotatable bonds is 37. The molecular weight excluding hydrogens is 624 g/mol. The van der Waals surface area contributed by atoms with E-state index in [-0.39, 0.29) is 31.1 Å². The zero-order chi connectivity index (χ0) is 37.1. The predicted molar refractivity (Wildman–Crippen MR) is 210 cm³/mol. The maximum Gasteiger partial charge on any atom is 0.306 e. The molecule has 0 radical (unpaired) electrons. The molecule has 2 atom stereocenters. The van der Waals surface area contributed by atoms with E-state index in [1.54, 1.807) is 0 Å². The molecule has 50 heavy (non-hydrogen) atoms. The summed E-state index contributed by atoms with van der Waals surface area (Å²) in [5.74, 6) is 1.52. The second-order valence-corrected chi connectivity index (χ2v) is 16.2.